The van der Waals surface area contributed by atoms with Crippen molar-refractivity contribution in [2.75, 3.05) is 26.4 Å². The third kappa shape index (κ3) is 40.6. The van der Waals surface area contributed by atoms with Crippen LogP contribution in [0.3, 0.4) is 0 Å². The number of nitrogens with two attached hydrogens (primary N) is 1. The van der Waals surface area contributed by atoms with Crippen LogP contribution in [-0.4, -0.2) is 60.5 Å². The Balaban J connectivity index is 4.17. The van der Waals surface area contributed by atoms with Gasteiger partial charge in [0.25, 0.3) is 0 Å². The van der Waals surface area contributed by atoms with E-state index in [9.17, 15) is 19.0 Å². The predicted octanol–water partition coefficient (Wildman–Crippen LogP) is 12.7. The molecule has 0 aromatic heterocycles. The van der Waals surface area contributed by atoms with E-state index >= 15 is 0 Å². The van der Waals surface area contributed by atoms with Gasteiger partial charge >= 0.3 is 19.8 Å². The van der Waals surface area contributed by atoms with Crippen molar-refractivity contribution in [1.29, 1.82) is 0 Å². The molecule has 0 fully saturated rings. The molecule has 0 aliphatic carbocycles. The summed E-state index contributed by atoms with van der Waals surface area (Å²) in [4.78, 5) is 33.5. The topological polar surface area (TPSA) is 155 Å². The van der Waals surface area contributed by atoms with Gasteiger partial charge in [-0.2, -0.15) is 0 Å². The molecular weight excluding hydrogens is 729 g/mol. The molecule has 0 radical (unpaired) electrons. The fourth-order valence-electron chi connectivity index (χ4n) is 6.36. The standard InChI is InChI=1S/C45H86NO9P/c1-3-5-7-9-11-13-15-17-19-20-21-22-23-24-26-28-30-32-34-36-38-52-39-42(40-53-56(50,51)54-41-43(46)45(48)49)55-44(47)37-35-33-31-29-27-25-18-16-14-12-10-8-6-4-2/h16-19,42-43H,3-15,20-41,46H2,1-2H3,(H,48,49)(H,50,51)/b18-16-,19-17-. The fraction of sp³-hybridized carbons (Fsp3) is 0.867. The van der Waals surface area contributed by atoms with Crippen molar-refractivity contribution in [3.05, 3.63) is 24.3 Å². The Morgan fingerprint density at radius 1 is 0.554 bits per heavy atom. The molecule has 11 heteroatoms. The zero-order valence-corrected chi connectivity index (χ0v) is 36.9. The third-order valence-electron chi connectivity index (χ3n) is 9.95. The lowest BCUT2D eigenvalue weighted by Gasteiger charge is -2.20. The minimum Gasteiger partial charge on any atom is -0.480 e. The van der Waals surface area contributed by atoms with Crippen molar-refractivity contribution in [2.24, 2.45) is 5.73 Å². The monoisotopic (exact) mass is 816 g/mol. The average Bonchev–Trinajstić information content (AvgIpc) is 3.18. The molecule has 4 N–H and O–H groups in total. The summed E-state index contributed by atoms with van der Waals surface area (Å²) in [6, 6.07) is -1.47. The summed E-state index contributed by atoms with van der Waals surface area (Å²) in [7, 11) is -4.62. The van der Waals surface area contributed by atoms with Crippen molar-refractivity contribution < 1.29 is 42.7 Å². The minimum atomic E-state index is -4.62. The van der Waals surface area contributed by atoms with Crippen LogP contribution >= 0.6 is 7.82 Å². The molecule has 0 rings (SSSR count). The maximum Gasteiger partial charge on any atom is 0.472 e. The van der Waals surface area contributed by atoms with Gasteiger partial charge in [-0.15, -0.1) is 0 Å². The summed E-state index contributed by atoms with van der Waals surface area (Å²) < 4.78 is 33.4. The average molecular weight is 816 g/mol. The SMILES string of the molecule is CCCCCCC/C=C\CCCCCCCC(=O)OC(COCCCCCCCCCCCC/C=C\CCCCCCCC)COP(=O)(O)OCC(N)C(=O)O. The van der Waals surface area contributed by atoms with Crippen LogP contribution in [0.2, 0.25) is 0 Å². The second-order valence-electron chi connectivity index (χ2n) is 15.5. The molecule has 0 amide bonds. The van der Waals surface area contributed by atoms with E-state index in [0.29, 0.717) is 13.0 Å². The van der Waals surface area contributed by atoms with Crippen LogP contribution in [0.5, 0.6) is 0 Å². The maximum absolute atomic E-state index is 12.6. The van der Waals surface area contributed by atoms with Crippen LogP contribution in [0, 0.1) is 0 Å². The van der Waals surface area contributed by atoms with Crippen molar-refractivity contribution >= 4 is 19.8 Å². The molecule has 0 aliphatic rings. The zero-order chi connectivity index (χ0) is 41.2. The van der Waals surface area contributed by atoms with Gasteiger partial charge in [-0.1, -0.05) is 167 Å². The number of ether oxygens (including phenoxy) is 2. The van der Waals surface area contributed by atoms with Gasteiger partial charge in [0.15, 0.2) is 0 Å². The maximum atomic E-state index is 12.6. The van der Waals surface area contributed by atoms with E-state index in [2.05, 4.69) is 38.2 Å². The number of carbonyl (C=O) groups excluding carboxylic acids is 1. The smallest absolute Gasteiger partial charge is 0.472 e. The van der Waals surface area contributed by atoms with E-state index in [4.69, 9.17) is 29.4 Å². The third-order valence-corrected chi connectivity index (χ3v) is 10.9. The summed E-state index contributed by atoms with van der Waals surface area (Å²) in [5, 5.41) is 8.90. The molecule has 10 nitrogen and oxygen atoms in total. The number of carboxylic acids is 1. The second kappa shape index (κ2) is 41.6. The van der Waals surface area contributed by atoms with E-state index in [0.717, 1.165) is 51.4 Å². The summed E-state index contributed by atoms with van der Waals surface area (Å²) in [6.45, 7) is 3.88. The largest absolute Gasteiger partial charge is 0.480 e. The highest BCUT2D eigenvalue weighted by Crippen LogP contribution is 2.43. The van der Waals surface area contributed by atoms with Gasteiger partial charge in [-0.25, -0.2) is 4.57 Å². The fourth-order valence-corrected chi connectivity index (χ4v) is 7.14. The molecule has 0 saturated heterocycles. The van der Waals surface area contributed by atoms with Crippen LogP contribution in [0.1, 0.15) is 213 Å². The lowest BCUT2D eigenvalue weighted by atomic mass is 10.1. The van der Waals surface area contributed by atoms with Crippen molar-refractivity contribution in [3.63, 3.8) is 0 Å². The molecule has 0 aliphatic heterocycles. The predicted molar refractivity (Wildman–Crippen MR) is 231 cm³/mol. The van der Waals surface area contributed by atoms with Crippen LogP contribution in [0.15, 0.2) is 24.3 Å². The molecule has 0 saturated carbocycles. The first-order chi connectivity index (χ1) is 27.2. The van der Waals surface area contributed by atoms with Gasteiger partial charge in [0.2, 0.25) is 0 Å². The highest BCUT2D eigenvalue weighted by atomic mass is 31.2. The van der Waals surface area contributed by atoms with Gasteiger partial charge in [0.1, 0.15) is 12.1 Å². The Hall–Kier alpha value is -1.55. The second-order valence-corrected chi connectivity index (χ2v) is 17.0. The van der Waals surface area contributed by atoms with Crippen LogP contribution in [0.4, 0.5) is 0 Å². The first-order valence-corrected chi connectivity index (χ1v) is 24.4. The number of hydrogen-bond donors (Lipinski definition) is 3. The number of unbranched alkanes of at least 4 members (excludes halogenated alkanes) is 26. The number of rotatable bonds is 44. The van der Waals surface area contributed by atoms with Gasteiger partial charge < -0.3 is 25.2 Å². The first-order valence-electron chi connectivity index (χ1n) is 22.9. The minimum absolute atomic E-state index is 0.0154. The highest BCUT2D eigenvalue weighted by molar-refractivity contribution is 7.47. The van der Waals surface area contributed by atoms with Crippen LogP contribution < -0.4 is 5.73 Å². The Morgan fingerprint density at radius 2 is 0.929 bits per heavy atom. The number of phosphoric ester groups is 1. The number of phosphoric acid groups is 1. The van der Waals surface area contributed by atoms with E-state index < -0.39 is 45.1 Å². The number of esters is 1. The summed E-state index contributed by atoms with van der Waals surface area (Å²) >= 11 is 0. The molecule has 330 valence electrons. The van der Waals surface area contributed by atoms with E-state index in [1.54, 1.807) is 0 Å². The lowest BCUT2D eigenvalue weighted by Crippen LogP contribution is -2.34. The van der Waals surface area contributed by atoms with Crippen molar-refractivity contribution in [2.45, 2.75) is 225 Å². The lowest BCUT2D eigenvalue weighted by molar-refractivity contribution is -0.154. The summed E-state index contributed by atoms with van der Waals surface area (Å²) in [6.07, 6.45) is 45.1. The molecule has 3 atom stereocenters. The number of allylic oxidation sites excluding steroid dienone is 4. The summed E-state index contributed by atoms with van der Waals surface area (Å²) in [5.41, 5.74) is 5.36. The Bertz CT molecular complexity index is 993. The molecule has 0 bridgehead atoms. The molecule has 0 aromatic rings. The van der Waals surface area contributed by atoms with Gasteiger partial charge in [0.05, 0.1) is 19.8 Å². The van der Waals surface area contributed by atoms with Gasteiger partial charge in [0, 0.05) is 13.0 Å². The Morgan fingerprint density at radius 3 is 1.36 bits per heavy atom. The normalized spacial score (nSPS) is 14.1. The van der Waals surface area contributed by atoms with E-state index in [1.165, 1.54) is 135 Å². The molecule has 56 heavy (non-hydrogen) atoms. The van der Waals surface area contributed by atoms with Crippen molar-refractivity contribution in [1.82, 2.24) is 0 Å². The molecule has 0 heterocycles. The van der Waals surface area contributed by atoms with Crippen LogP contribution in [-0.2, 0) is 32.7 Å². The highest BCUT2D eigenvalue weighted by Gasteiger charge is 2.27. The van der Waals surface area contributed by atoms with Gasteiger partial charge in [-0.05, 0) is 64.2 Å². The Kier molecular flexibility index (Phi) is 40.5. The van der Waals surface area contributed by atoms with E-state index in [1.807, 2.05) is 0 Å². The van der Waals surface area contributed by atoms with Crippen LogP contribution in [0.25, 0.3) is 0 Å². The molecule has 0 aromatic carbocycles. The quantitative estimate of drug-likeness (QED) is 0.0234. The number of aliphatic carboxylic acids is 1. The van der Waals surface area contributed by atoms with E-state index in [-0.39, 0.29) is 13.0 Å². The van der Waals surface area contributed by atoms with Crippen molar-refractivity contribution in [3.8, 4) is 0 Å². The molecule has 0 spiro atoms. The number of hydrogen-bond acceptors (Lipinski definition) is 8. The number of carbonyl (C=O) groups is 2. The summed E-state index contributed by atoms with van der Waals surface area (Å²) in [5.74, 6) is -1.78. The first kappa shape index (κ1) is 54.5. The molecular formula is C45H86NO9P. The van der Waals surface area contributed by atoms with Gasteiger partial charge in [-0.3, -0.25) is 18.6 Å². The number of carboxylic acid groups (broad SMARTS) is 1. The molecule has 3 unspecified atom stereocenters. The Labute approximate surface area is 343 Å². The zero-order valence-electron chi connectivity index (χ0n) is 36.0.